The van der Waals surface area contributed by atoms with E-state index in [4.69, 9.17) is 0 Å². The molecule has 1 saturated heterocycles. The van der Waals surface area contributed by atoms with E-state index in [0.717, 1.165) is 4.31 Å². The van der Waals surface area contributed by atoms with Gasteiger partial charge >= 0.3 is 0 Å². The van der Waals surface area contributed by atoms with Crippen molar-refractivity contribution in [3.05, 3.63) is 29.6 Å². The molecule has 0 unspecified atom stereocenters. The molecule has 0 aliphatic carbocycles. The maximum Gasteiger partial charge on any atom is 0.246 e. The summed E-state index contributed by atoms with van der Waals surface area (Å²) in [5.74, 6) is -4.06. The van der Waals surface area contributed by atoms with Gasteiger partial charge in [0.25, 0.3) is 0 Å². The normalized spacial score (nSPS) is 17.5. The highest BCUT2D eigenvalue weighted by molar-refractivity contribution is 7.89. The largest absolute Gasteiger partial charge is 0.317 e. The maximum absolute atomic E-state index is 13.6. The van der Waals surface area contributed by atoms with Crippen molar-refractivity contribution in [2.24, 2.45) is 0 Å². The molecule has 0 amide bonds. The summed E-state index contributed by atoms with van der Waals surface area (Å²) in [5, 5.41) is 3.04. The van der Waals surface area contributed by atoms with Crippen LogP contribution in [0.15, 0.2) is 17.0 Å². The third kappa shape index (κ3) is 3.68. The highest BCUT2D eigenvalue weighted by Crippen LogP contribution is 2.24. The number of hydrogen-bond donors (Lipinski definition) is 1. The van der Waals surface area contributed by atoms with Crippen molar-refractivity contribution in [3.8, 4) is 0 Å². The van der Waals surface area contributed by atoms with Crippen molar-refractivity contribution >= 4 is 22.4 Å². The summed E-state index contributed by atoms with van der Waals surface area (Å²) in [7, 11) is -2.36. The lowest BCUT2D eigenvalue weighted by molar-refractivity contribution is 0.297. The van der Waals surface area contributed by atoms with E-state index in [1.54, 1.807) is 7.05 Å². The van der Waals surface area contributed by atoms with Gasteiger partial charge in [-0.2, -0.15) is 4.31 Å². The van der Waals surface area contributed by atoms with Crippen molar-refractivity contribution in [2.45, 2.75) is 23.8 Å². The molecule has 4 nitrogen and oxygen atoms in total. The van der Waals surface area contributed by atoms with Gasteiger partial charge in [-0.3, -0.25) is 0 Å². The van der Waals surface area contributed by atoms with Crippen molar-refractivity contribution in [2.75, 3.05) is 20.1 Å². The Balaban J connectivity index is 0.00000220. The van der Waals surface area contributed by atoms with Crippen LogP contribution in [0.4, 0.5) is 13.2 Å². The molecule has 1 N–H and O–H groups in total. The Kier molecular flexibility index (Phi) is 6.03. The summed E-state index contributed by atoms with van der Waals surface area (Å²) in [6.45, 7) is 0.429. The monoisotopic (exact) mass is 344 g/mol. The van der Waals surface area contributed by atoms with Crippen LogP contribution in [0.25, 0.3) is 0 Å². The Morgan fingerprint density at radius 3 is 2.14 bits per heavy atom. The van der Waals surface area contributed by atoms with Crippen molar-refractivity contribution in [3.63, 3.8) is 0 Å². The molecule has 1 aliphatic rings. The molecule has 1 aromatic rings. The van der Waals surface area contributed by atoms with Gasteiger partial charge in [0.05, 0.1) is 0 Å². The van der Waals surface area contributed by atoms with E-state index < -0.39 is 32.4 Å². The van der Waals surface area contributed by atoms with Gasteiger partial charge < -0.3 is 5.32 Å². The summed E-state index contributed by atoms with van der Waals surface area (Å²) < 4.78 is 65.2. The fraction of sp³-hybridized carbons (Fsp3) is 0.500. The minimum absolute atomic E-state index is 0. The lowest BCUT2D eigenvalue weighted by Gasteiger charge is -2.31. The van der Waals surface area contributed by atoms with Crippen LogP contribution in [0.5, 0.6) is 0 Å². The Morgan fingerprint density at radius 1 is 1.10 bits per heavy atom. The first kappa shape index (κ1) is 18.2. The molecule has 120 valence electrons. The zero-order valence-corrected chi connectivity index (χ0v) is 12.9. The SMILES string of the molecule is CNC1CCN(S(=O)(=O)c2cc(F)c(F)cc2F)CC1.Cl. The first-order valence-electron chi connectivity index (χ1n) is 6.18. The van der Waals surface area contributed by atoms with Crippen LogP contribution < -0.4 is 5.32 Å². The molecule has 0 aromatic heterocycles. The predicted octanol–water partition coefficient (Wildman–Crippen LogP) is 1.90. The molecule has 2 rings (SSSR count). The molecule has 1 aliphatic heterocycles. The van der Waals surface area contributed by atoms with E-state index in [1.807, 2.05) is 0 Å². The number of piperidine rings is 1. The second kappa shape index (κ2) is 6.95. The number of nitrogens with zero attached hydrogens (tertiary/aromatic N) is 1. The third-order valence-corrected chi connectivity index (χ3v) is 5.37. The van der Waals surface area contributed by atoms with E-state index in [1.165, 1.54) is 0 Å². The Morgan fingerprint density at radius 2 is 1.62 bits per heavy atom. The third-order valence-electron chi connectivity index (χ3n) is 3.45. The predicted molar refractivity (Wildman–Crippen MR) is 74.4 cm³/mol. The minimum atomic E-state index is -4.14. The van der Waals surface area contributed by atoms with Gasteiger partial charge in [0, 0.05) is 25.2 Å². The minimum Gasteiger partial charge on any atom is -0.317 e. The molecule has 0 bridgehead atoms. The molecule has 9 heteroatoms. The van der Waals surface area contributed by atoms with Gasteiger partial charge in [0.15, 0.2) is 11.6 Å². The highest BCUT2D eigenvalue weighted by atomic mass is 35.5. The topological polar surface area (TPSA) is 49.4 Å². The van der Waals surface area contributed by atoms with Crippen LogP contribution in [0, 0.1) is 17.5 Å². The van der Waals surface area contributed by atoms with Gasteiger partial charge in [0.2, 0.25) is 10.0 Å². The van der Waals surface area contributed by atoms with E-state index in [-0.39, 0.29) is 37.6 Å². The number of nitrogens with one attached hydrogen (secondary N) is 1. The average Bonchev–Trinajstić information content (AvgIpc) is 2.42. The van der Waals surface area contributed by atoms with Crippen LogP contribution >= 0.6 is 12.4 Å². The number of rotatable bonds is 3. The van der Waals surface area contributed by atoms with Crippen LogP contribution in [0.1, 0.15) is 12.8 Å². The van der Waals surface area contributed by atoms with Crippen LogP contribution in [-0.4, -0.2) is 38.9 Å². The zero-order valence-electron chi connectivity index (χ0n) is 11.3. The number of hydrogen-bond acceptors (Lipinski definition) is 3. The van der Waals surface area contributed by atoms with Crippen LogP contribution in [-0.2, 0) is 10.0 Å². The molecule has 0 atom stereocenters. The summed E-state index contributed by atoms with van der Waals surface area (Å²) in [5.41, 5.74) is 0. The zero-order chi connectivity index (χ0) is 14.9. The van der Waals surface area contributed by atoms with Crippen LogP contribution in [0.3, 0.4) is 0 Å². The summed E-state index contributed by atoms with van der Waals surface area (Å²) in [6.07, 6.45) is 1.17. The summed E-state index contributed by atoms with van der Waals surface area (Å²) in [6, 6.07) is 0.850. The first-order chi connectivity index (χ1) is 9.36. The molecule has 0 saturated carbocycles. The highest BCUT2D eigenvalue weighted by Gasteiger charge is 2.31. The summed E-state index contributed by atoms with van der Waals surface area (Å²) >= 11 is 0. The second-order valence-electron chi connectivity index (χ2n) is 4.66. The Hall–Kier alpha value is -0.830. The molecule has 1 fully saturated rings. The Bertz CT molecular complexity index is 605. The summed E-state index contributed by atoms with van der Waals surface area (Å²) in [4.78, 5) is -0.820. The van der Waals surface area contributed by atoms with E-state index in [0.29, 0.717) is 18.9 Å². The van der Waals surface area contributed by atoms with Gasteiger partial charge in [-0.05, 0) is 26.0 Å². The lowest BCUT2D eigenvalue weighted by Crippen LogP contribution is -2.44. The van der Waals surface area contributed by atoms with E-state index in [2.05, 4.69) is 5.32 Å². The maximum atomic E-state index is 13.6. The fourth-order valence-electron chi connectivity index (χ4n) is 2.23. The van der Waals surface area contributed by atoms with Crippen molar-refractivity contribution < 1.29 is 21.6 Å². The number of sulfonamides is 1. The van der Waals surface area contributed by atoms with Gasteiger partial charge in [-0.25, -0.2) is 21.6 Å². The first-order valence-corrected chi connectivity index (χ1v) is 7.62. The van der Waals surface area contributed by atoms with Gasteiger partial charge in [-0.15, -0.1) is 12.4 Å². The van der Waals surface area contributed by atoms with Crippen LogP contribution in [0.2, 0.25) is 0 Å². The molecule has 0 radical (unpaired) electrons. The smallest absolute Gasteiger partial charge is 0.246 e. The Labute approximate surface area is 127 Å². The molecule has 0 spiro atoms. The fourth-order valence-corrected chi connectivity index (χ4v) is 3.75. The molecular formula is C12H16ClF3N2O2S. The molecular weight excluding hydrogens is 329 g/mol. The van der Waals surface area contributed by atoms with Crippen molar-refractivity contribution in [1.82, 2.24) is 9.62 Å². The van der Waals surface area contributed by atoms with E-state index >= 15 is 0 Å². The average molecular weight is 345 g/mol. The molecule has 1 heterocycles. The van der Waals surface area contributed by atoms with E-state index in [9.17, 15) is 21.6 Å². The molecule has 1 aromatic carbocycles. The van der Waals surface area contributed by atoms with Gasteiger partial charge in [0.1, 0.15) is 10.7 Å². The second-order valence-corrected chi connectivity index (χ2v) is 6.57. The molecule has 21 heavy (non-hydrogen) atoms. The quantitative estimate of drug-likeness (QED) is 0.852. The number of halogens is 4. The lowest BCUT2D eigenvalue weighted by atomic mass is 10.1. The van der Waals surface area contributed by atoms with Crippen molar-refractivity contribution in [1.29, 1.82) is 0 Å². The number of benzene rings is 1. The van der Waals surface area contributed by atoms with Gasteiger partial charge in [-0.1, -0.05) is 0 Å². The standard InChI is InChI=1S/C12H15F3N2O2S.ClH/c1-16-8-2-4-17(5-3-8)20(18,19)12-7-10(14)9(13)6-11(12)15;/h6-8,16H,2-5H2,1H3;1H.